The van der Waals surface area contributed by atoms with Gasteiger partial charge in [-0.2, -0.15) is 0 Å². The van der Waals surface area contributed by atoms with Crippen LogP contribution in [0.25, 0.3) is 4.96 Å². The number of H-pyrrole nitrogens is 1. The summed E-state index contributed by atoms with van der Waals surface area (Å²) in [6, 6.07) is 0. The molecule has 0 aromatic carbocycles. The SMILES string of the molecule is COC(=O)C[C@H](c1c(O)c(C(=O)OC)c[nH]c1=O)c1c(Cl)nc2sccn12. The van der Waals surface area contributed by atoms with Gasteiger partial charge in [-0.25, -0.2) is 9.78 Å². The molecule has 0 saturated heterocycles. The number of halogens is 1. The number of nitrogens with zero attached hydrogens (tertiary/aromatic N) is 2. The third-order valence-electron chi connectivity index (χ3n) is 4.04. The Balaban J connectivity index is 2.28. The molecule has 27 heavy (non-hydrogen) atoms. The van der Waals surface area contributed by atoms with Crippen molar-refractivity contribution in [2.24, 2.45) is 0 Å². The summed E-state index contributed by atoms with van der Waals surface area (Å²) in [6.45, 7) is 0. The third-order valence-corrected chi connectivity index (χ3v) is 5.07. The Labute approximate surface area is 161 Å². The zero-order chi connectivity index (χ0) is 19.7. The standard InChI is InChI=1S/C16H14ClN3O6S/c1-25-9(21)5-7(11-13(17)19-16-20(11)3-4-27-16)10-12(22)8(15(24)26-2)6-18-14(10)23/h3-4,6-7H,5H2,1-2H3,(H2,18,22,23)/t7-/m1/s1. The number of pyridine rings is 1. The number of nitrogens with one attached hydrogen (secondary N) is 1. The van der Waals surface area contributed by atoms with Gasteiger partial charge in [0.1, 0.15) is 11.3 Å². The zero-order valence-electron chi connectivity index (χ0n) is 14.2. The summed E-state index contributed by atoms with van der Waals surface area (Å²) in [5.41, 5.74) is -0.821. The molecule has 3 aromatic rings. The zero-order valence-corrected chi connectivity index (χ0v) is 15.8. The van der Waals surface area contributed by atoms with Gasteiger partial charge in [-0.15, -0.1) is 11.3 Å². The normalized spacial score (nSPS) is 12.1. The number of hydrogen-bond acceptors (Lipinski definition) is 8. The van der Waals surface area contributed by atoms with E-state index in [-0.39, 0.29) is 22.7 Å². The van der Waals surface area contributed by atoms with Crippen LogP contribution in [0.5, 0.6) is 5.75 Å². The number of fused-ring (bicyclic) bond motifs is 1. The lowest BCUT2D eigenvalue weighted by molar-refractivity contribution is -0.140. The topological polar surface area (TPSA) is 123 Å². The second-order valence-electron chi connectivity index (χ2n) is 5.46. The molecule has 0 unspecified atom stereocenters. The number of methoxy groups -OCH3 is 2. The molecule has 1 atom stereocenters. The molecule has 0 aliphatic carbocycles. The van der Waals surface area contributed by atoms with E-state index in [9.17, 15) is 19.5 Å². The van der Waals surface area contributed by atoms with Gasteiger partial charge >= 0.3 is 11.9 Å². The first-order valence-electron chi connectivity index (χ1n) is 7.59. The predicted octanol–water partition coefficient (Wildman–Crippen LogP) is 1.92. The van der Waals surface area contributed by atoms with Crippen LogP contribution in [0.3, 0.4) is 0 Å². The number of hydrogen-bond donors (Lipinski definition) is 2. The number of thiazole rings is 1. The first-order chi connectivity index (χ1) is 12.9. The van der Waals surface area contributed by atoms with E-state index in [1.165, 1.54) is 18.4 Å². The summed E-state index contributed by atoms with van der Waals surface area (Å²) in [7, 11) is 2.34. The summed E-state index contributed by atoms with van der Waals surface area (Å²) < 4.78 is 10.9. The van der Waals surface area contributed by atoms with Gasteiger partial charge in [-0.1, -0.05) is 11.6 Å². The van der Waals surface area contributed by atoms with Crippen molar-refractivity contribution in [3.8, 4) is 5.75 Å². The summed E-state index contributed by atoms with van der Waals surface area (Å²) in [4.78, 5) is 43.5. The lowest BCUT2D eigenvalue weighted by Gasteiger charge is -2.17. The van der Waals surface area contributed by atoms with Gasteiger partial charge < -0.3 is 19.6 Å². The quantitative estimate of drug-likeness (QED) is 0.615. The molecule has 0 amide bonds. The molecule has 3 aromatic heterocycles. The number of imidazole rings is 1. The molecule has 0 saturated carbocycles. The largest absolute Gasteiger partial charge is 0.506 e. The highest BCUT2D eigenvalue weighted by molar-refractivity contribution is 7.15. The maximum atomic E-state index is 12.5. The van der Waals surface area contributed by atoms with E-state index in [1.807, 2.05) is 0 Å². The Bertz CT molecular complexity index is 1090. The van der Waals surface area contributed by atoms with Gasteiger partial charge in [0.2, 0.25) is 0 Å². The van der Waals surface area contributed by atoms with Crippen LogP contribution in [0.4, 0.5) is 0 Å². The summed E-state index contributed by atoms with van der Waals surface area (Å²) in [5.74, 6) is -3.09. The lowest BCUT2D eigenvalue weighted by atomic mass is 9.91. The van der Waals surface area contributed by atoms with Gasteiger partial charge in [0.15, 0.2) is 10.1 Å². The minimum atomic E-state index is -1.01. The van der Waals surface area contributed by atoms with Crippen molar-refractivity contribution >= 4 is 39.8 Å². The highest BCUT2D eigenvalue weighted by Gasteiger charge is 2.32. The van der Waals surface area contributed by atoms with Gasteiger partial charge in [-0.05, 0) is 0 Å². The number of aromatic amines is 1. The fourth-order valence-corrected chi connectivity index (χ4v) is 3.87. The average Bonchev–Trinajstić information content (AvgIpc) is 3.20. The molecular weight excluding hydrogens is 398 g/mol. The molecule has 0 fully saturated rings. The van der Waals surface area contributed by atoms with E-state index in [2.05, 4.69) is 14.7 Å². The average molecular weight is 412 g/mol. The van der Waals surface area contributed by atoms with Gasteiger partial charge in [0.25, 0.3) is 5.56 Å². The number of carbonyl (C=O) groups is 2. The van der Waals surface area contributed by atoms with Crippen molar-refractivity contribution in [1.29, 1.82) is 0 Å². The molecular formula is C16H14ClN3O6S. The van der Waals surface area contributed by atoms with Crippen molar-refractivity contribution in [2.75, 3.05) is 14.2 Å². The number of aromatic hydroxyl groups is 1. The Morgan fingerprint density at radius 2 is 2.15 bits per heavy atom. The van der Waals surface area contributed by atoms with Gasteiger partial charge in [0.05, 0.1) is 31.9 Å². The lowest BCUT2D eigenvalue weighted by Crippen LogP contribution is -2.23. The molecule has 0 bridgehead atoms. The van der Waals surface area contributed by atoms with Crippen LogP contribution in [0.2, 0.25) is 5.15 Å². The second-order valence-corrected chi connectivity index (χ2v) is 6.69. The van der Waals surface area contributed by atoms with E-state index < -0.39 is 29.2 Å². The van der Waals surface area contributed by atoms with Crippen molar-refractivity contribution in [1.82, 2.24) is 14.4 Å². The smallest absolute Gasteiger partial charge is 0.343 e. The van der Waals surface area contributed by atoms with Gasteiger partial charge in [0, 0.05) is 23.7 Å². The van der Waals surface area contributed by atoms with Crippen molar-refractivity contribution < 1.29 is 24.2 Å². The van der Waals surface area contributed by atoms with Crippen LogP contribution in [0, 0.1) is 0 Å². The van der Waals surface area contributed by atoms with E-state index in [4.69, 9.17) is 16.3 Å². The molecule has 0 aliphatic heterocycles. The van der Waals surface area contributed by atoms with Crippen LogP contribution in [-0.2, 0) is 14.3 Å². The van der Waals surface area contributed by atoms with Crippen molar-refractivity contribution in [3.63, 3.8) is 0 Å². The molecule has 9 nitrogen and oxygen atoms in total. The number of aromatic nitrogens is 3. The first-order valence-corrected chi connectivity index (χ1v) is 8.85. The monoisotopic (exact) mass is 411 g/mol. The molecule has 3 rings (SSSR count). The fraction of sp³-hybridized carbons (Fsp3) is 0.250. The molecule has 2 N–H and O–H groups in total. The Kier molecular flexibility index (Phi) is 5.19. The number of esters is 2. The molecule has 142 valence electrons. The Morgan fingerprint density at radius 3 is 2.81 bits per heavy atom. The molecule has 0 radical (unpaired) electrons. The van der Waals surface area contributed by atoms with E-state index >= 15 is 0 Å². The summed E-state index contributed by atoms with van der Waals surface area (Å²) >= 11 is 7.56. The van der Waals surface area contributed by atoms with Crippen molar-refractivity contribution in [3.05, 3.63) is 50.1 Å². The summed E-state index contributed by atoms with van der Waals surface area (Å²) in [5, 5.41) is 12.4. The van der Waals surface area contributed by atoms with Crippen LogP contribution in [0.1, 0.15) is 34.0 Å². The fourth-order valence-electron chi connectivity index (χ4n) is 2.80. The second kappa shape index (κ2) is 7.41. The third kappa shape index (κ3) is 3.28. The Hall–Kier alpha value is -2.85. The Morgan fingerprint density at radius 1 is 1.41 bits per heavy atom. The van der Waals surface area contributed by atoms with Crippen LogP contribution in [-0.4, -0.2) is 45.6 Å². The highest BCUT2D eigenvalue weighted by Crippen LogP contribution is 2.38. The molecule has 3 heterocycles. The summed E-state index contributed by atoms with van der Waals surface area (Å²) in [6.07, 6.45) is 2.41. The molecule has 0 aliphatic rings. The van der Waals surface area contributed by atoms with Crippen LogP contribution >= 0.6 is 22.9 Å². The van der Waals surface area contributed by atoms with E-state index in [0.29, 0.717) is 10.7 Å². The number of rotatable bonds is 5. The molecule has 11 heteroatoms. The minimum Gasteiger partial charge on any atom is -0.506 e. The maximum absolute atomic E-state index is 12.5. The van der Waals surface area contributed by atoms with Gasteiger partial charge in [-0.3, -0.25) is 14.0 Å². The highest BCUT2D eigenvalue weighted by atomic mass is 35.5. The van der Waals surface area contributed by atoms with Crippen molar-refractivity contribution in [2.45, 2.75) is 12.3 Å². The predicted molar refractivity (Wildman–Crippen MR) is 96.6 cm³/mol. The van der Waals surface area contributed by atoms with E-state index in [1.54, 1.807) is 16.0 Å². The molecule has 0 spiro atoms. The maximum Gasteiger partial charge on any atom is 0.343 e. The number of ether oxygens (including phenoxy) is 2. The van der Waals surface area contributed by atoms with E-state index in [0.717, 1.165) is 13.3 Å². The van der Waals surface area contributed by atoms with Crippen LogP contribution in [0.15, 0.2) is 22.6 Å². The number of carbonyl (C=O) groups excluding carboxylic acids is 2. The first kappa shape index (κ1) is 18.9. The van der Waals surface area contributed by atoms with Crippen LogP contribution < -0.4 is 5.56 Å². The minimum absolute atomic E-state index is 0.0676.